The minimum Gasteiger partial charge on any atom is -0.356 e. The summed E-state index contributed by atoms with van der Waals surface area (Å²) in [4.78, 5) is 23.6. The fraction of sp³-hybridized carbons (Fsp3) is 0.571. The van der Waals surface area contributed by atoms with Crippen molar-refractivity contribution in [2.45, 2.75) is 102 Å². The smallest absolute Gasteiger partial charge is 0.245 e. The molecule has 44 heavy (non-hydrogen) atoms. The van der Waals surface area contributed by atoms with Crippen LogP contribution in [0, 0.1) is 11.3 Å². The second-order valence-electron chi connectivity index (χ2n) is 13.4. The molecule has 6 rings (SSSR count). The normalized spacial score (nSPS) is 23.3. The molecule has 236 valence electrons. The van der Waals surface area contributed by atoms with Gasteiger partial charge in [0.2, 0.25) is 5.91 Å². The zero-order valence-electron chi connectivity index (χ0n) is 25.7. The summed E-state index contributed by atoms with van der Waals surface area (Å²) in [6.07, 6.45) is 16.4. The monoisotopic (exact) mass is 636 g/mol. The second-order valence-corrected chi connectivity index (χ2v) is 14.3. The Morgan fingerprint density at radius 2 is 1.55 bits per heavy atom. The molecule has 7 nitrogen and oxygen atoms in total. The third-order valence-electron chi connectivity index (χ3n) is 10.7. The molecule has 1 atom stereocenters. The fourth-order valence-corrected chi connectivity index (χ4v) is 8.47. The van der Waals surface area contributed by atoms with Crippen LogP contribution in [0.3, 0.4) is 0 Å². The summed E-state index contributed by atoms with van der Waals surface area (Å²) in [7, 11) is 0. The lowest BCUT2D eigenvalue weighted by Gasteiger charge is -2.49. The van der Waals surface area contributed by atoms with Crippen LogP contribution in [0.5, 0.6) is 0 Å². The van der Waals surface area contributed by atoms with Crippen molar-refractivity contribution in [1.29, 1.82) is 0 Å². The number of hydrogen-bond donors (Lipinski definition) is 1. The number of rotatable bonds is 9. The first-order valence-electron chi connectivity index (χ1n) is 16.6. The topological polar surface area (TPSA) is 80.3 Å². The SMILES string of the molecule is N[C@H]1CC[C@H](N(c2ccc(Cl)cc2)[C@H](Cc2ccc(Cl)cc2)C(=O)N2CCC(Cn3cncn3)(C3CCCCC3)CC2)CC1. The van der Waals surface area contributed by atoms with Crippen LogP contribution in [0.15, 0.2) is 61.2 Å². The van der Waals surface area contributed by atoms with E-state index < -0.39 is 0 Å². The van der Waals surface area contributed by atoms with Gasteiger partial charge < -0.3 is 15.5 Å². The van der Waals surface area contributed by atoms with E-state index >= 15 is 0 Å². The maximum absolute atomic E-state index is 14.8. The van der Waals surface area contributed by atoms with Gasteiger partial charge in [-0.2, -0.15) is 5.10 Å². The lowest BCUT2D eigenvalue weighted by atomic mass is 9.63. The first kappa shape index (κ1) is 31.4. The van der Waals surface area contributed by atoms with E-state index in [1.54, 1.807) is 6.33 Å². The van der Waals surface area contributed by atoms with Gasteiger partial charge in [-0.25, -0.2) is 4.98 Å². The highest BCUT2D eigenvalue weighted by Crippen LogP contribution is 2.47. The molecule has 2 N–H and O–H groups in total. The Kier molecular flexibility index (Phi) is 10.1. The van der Waals surface area contributed by atoms with Crippen LogP contribution in [0.1, 0.15) is 76.2 Å². The van der Waals surface area contributed by atoms with Gasteiger partial charge in [0.25, 0.3) is 0 Å². The van der Waals surface area contributed by atoms with Crippen molar-refractivity contribution in [2.24, 2.45) is 17.1 Å². The number of carbonyl (C=O) groups is 1. The molecule has 1 saturated heterocycles. The predicted octanol–water partition coefficient (Wildman–Crippen LogP) is 7.16. The number of piperidine rings is 1. The summed E-state index contributed by atoms with van der Waals surface area (Å²) < 4.78 is 2.02. The molecule has 3 aliphatic rings. The Balaban J connectivity index is 1.29. The fourth-order valence-electron chi connectivity index (χ4n) is 8.22. The first-order valence-corrected chi connectivity index (χ1v) is 17.3. The number of benzene rings is 2. The van der Waals surface area contributed by atoms with E-state index in [2.05, 4.69) is 44.1 Å². The summed E-state index contributed by atoms with van der Waals surface area (Å²) in [5.74, 6) is 0.877. The number of anilines is 1. The Morgan fingerprint density at radius 3 is 2.16 bits per heavy atom. The maximum atomic E-state index is 14.8. The highest BCUT2D eigenvalue weighted by atomic mass is 35.5. The number of amides is 1. The Labute approximate surface area is 272 Å². The van der Waals surface area contributed by atoms with Gasteiger partial charge in [0.1, 0.15) is 18.7 Å². The number of aromatic nitrogens is 3. The van der Waals surface area contributed by atoms with Crippen LogP contribution in [0.25, 0.3) is 0 Å². The zero-order chi connectivity index (χ0) is 30.5. The number of carbonyl (C=O) groups excluding carboxylic acids is 1. The molecule has 3 aromatic rings. The van der Waals surface area contributed by atoms with Crippen LogP contribution in [-0.2, 0) is 17.8 Å². The van der Waals surface area contributed by atoms with E-state index in [-0.39, 0.29) is 29.4 Å². The molecule has 0 spiro atoms. The largest absolute Gasteiger partial charge is 0.356 e. The lowest BCUT2D eigenvalue weighted by molar-refractivity contribution is -0.136. The molecule has 1 amide bonds. The average Bonchev–Trinajstić information content (AvgIpc) is 3.57. The highest BCUT2D eigenvalue weighted by Gasteiger charge is 2.45. The molecule has 0 bridgehead atoms. The van der Waals surface area contributed by atoms with E-state index in [0.29, 0.717) is 22.4 Å². The average molecular weight is 638 g/mol. The van der Waals surface area contributed by atoms with Crippen molar-refractivity contribution in [1.82, 2.24) is 19.7 Å². The van der Waals surface area contributed by atoms with Gasteiger partial charge in [0, 0.05) is 53.9 Å². The lowest BCUT2D eigenvalue weighted by Crippen LogP contribution is -2.57. The van der Waals surface area contributed by atoms with Gasteiger partial charge in [0.15, 0.2) is 0 Å². The van der Waals surface area contributed by atoms with Gasteiger partial charge in [-0.15, -0.1) is 0 Å². The number of halogens is 2. The molecule has 1 aromatic heterocycles. The molecular formula is C35H46Cl2N6O. The Bertz CT molecular complexity index is 1330. The van der Waals surface area contributed by atoms with Crippen molar-refractivity contribution >= 4 is 34.8 Å². The molecule has 2 aromatic carbocycles. The number of likely N-dealkylation sites (tertiary alicyclic amines) is 1. The van der Waals surface area contributed by atoms with E-state index in [0.717, 1.165) is 69.4 Å². The predicted molar refractivity (Wildman–Crippen MR) is 178 cm³/mol. The quantitative estimate of drug-likeness (QED) is 0.269. The van der Waals surface area contributed by atoms with Crippen LogP contribution >= 0.6 is 23.2 Å². The zero-order valence-corrected chi connectivity index (χ0v) is 27.2. The number of hydrogen-bond acceptors (Lipinski definition) is 5. The second kappa shape index (κ2) is 14.2. The van der Waals surface area contributed by atoms with E-state index in [9.17, 15) is 4.79 Å². The van der Waals surface area contributed by atoms with Gasteiger partial charge in [0.05, 0.1) is 0 Å². The molecule has 3 fully saturated rings. The van der Waals surface area contributed by atoms with Crippen molar-refractivity contribution in [3.63, 3.8) is 0 Å². The minimum atomic E-state index is -0.339. The van der Waals surface area contributed by atoms with Gasteiger partial charge in [-0.3, -0.25) is 9.48 Å². The van der Waals surface area contributed by atoms with Crippen LogP contribution in [0.2, 0.25) is 10.0 Å². The molecule has 9 heteroatoms. The Hall–Kier alpha value is -2.61. The first-order chi connectivity index (χ1) is 21.4. The van der Waals surface area contributed by atoms with E-state index in [1.165, 1.54) is 32.1 Å². The van der Waals surface area contributed by atoms with Crippen LogP contribution in [0.4, 0.5) is 5.69 Å². The minimum absolute atomic E-state index is 0.145. The third kappa shape index (κ3) is 7.27. The Morgan fingerprint density at radius 1 is 0.909 bits per heavy atom. The van der Waals surface area contributed by atoms with Crippen molar-refractivity contribution in [2.75, 3.05) is 18.0 Å². The van der Waals surface area contributed by atoms with Crippen molar-refractivity contribution in [3.05, 3.63) is 76.8 Å². The van der Waals surface area contributed by atoms with Gasteiger partial charge >= 0.3 is 0 Å². The summed E-state index contributed by atoms with van der Waals surface area (Å²) >= 11 is 12.6. The van der Waals surface area contributed by atoms with Crippen LogP contribution < -0.4 is 10.6 Å². The molecule has 1 aliphatic heterocycles. The standard InChI is InChI=1S/C35H46Cl2N6O/c36-28-8-6-26(7-9-28)22-33(43(31-14-10-29(37)11-15-31)32-16-12-30(38)13-17-32)34(44)41-20-18-35(19-21-41,23-42-25-39-24-40-42)27-4-2-1-3-5-27/h6-11,14-15,24-25,27,30,32-33H,1-5,12-13,16-23,38H2/t30-,32-,33-/m1/s1. The van der Waals surface area contributed by atoms with Crippen molar-refractivity contribution < 1.29 is 4.79 Å². The molecule has 2 saturated carbocycles. The summed E-state index contributed by atoms with van der Waals surface area (Å²) in [5.41, 5.74) is 8.65. The molecular weight excluding hydrogens is 591 g/mol. The number of nitrogens with zero attached hydrogens (tertiary/aromatic N) is 5. The van der Waals surface area contributed by atoms with E-state index in [4.69, 9.17) is 28.9 Å². The maximum Gasteiger partial charge on any atom is 0.245 e. The molecule has 2 aliphatic carbocycles. The molecule has 0 radical (unpaired) electrons. The summed E-state index contributed by atoms with van der Waals surface area (Å²) in [6, 6.07) is 16.1. The van der Waals surface area contributed by atoms with Gasteiger partial charge in [-0.05, 0) is 105 Å². The van der Waals surface area contributed by atoms with E-state index in [1.807, 2.05) is 35.3 Å². The molecule has 2 heterocycles. The third-order valence-corrected chi connectivity index (χ3v) is 11.2. The summed E-state index contributed by atoms with van der Waals surface area (Å²) in [6.45, 7) is 2.42. The van der Waals surface area contributed by atoms with Crippen molar-refractivity contribution in [3.8, 4) is 0 Å². The van der Waals surface area contributed by atoms with Gasteiger partial charge in [-0.1, -0.05) is 54.6 Å². The summed E-state index contributed by atoms with van der Waals surface area (Å²) in [5, 5.41) is 5.90. The number of nitrogens with two attached hydrogens (primary N) is 1. The van der Waals surface area contributed by atoms with Crippen LogP contribution in [-0.4, -0.2) is 56.8 Å². The molecule has 0 unspecified atom stereocenters. The highest BCUT2D eigenvalue weighted by molar-refractivity contribution is 6.30.